The maximum Gasteiger partial charge on any atom is 0.142 e. The molecule has 1 aromatic carbocycles. The van der Waals surface area contributed by atoms with E-state index in [9.17, 15) is 4.39 Å². The quantitative estimate of drug-likeness (QED) is 0.572. The van der Waals surface area contributed by atoms with Crippen molar-refractivity contribution in [3.63, 3.8) is 0 Å². The summed E-state index contributed by atoms with van der Waals surface area (Å²) in [7, 11) is 0. The molecule has 0 aliphatic rings. The van der Waals surface area contributed by atoms with Crippen LogP contribution < -0.4 is 0 Å². The predicted octanol–water partition coefficient (Wildman–Crippen LogP) is 3.03. The van der Waals surface area contributed by atoms with E-state index < -0.39 is 5.82 Å². The van der Waals surface area contributed by atoms with Crippen LogP contribution in [-0.4, -0.2) is 11.6 Å². The lowest BCUT2D eigenvalue weighted by Gasteiger charge is -2.01. The Morgan fingerprint density at radius 1 is 1.54 bits per heavy atom. The van der Waals surface area contributed by atoms with Crippen LogP contribution >= 0.6 is 23.4 Å². The molecule has 13 heavy (non-hydrogen) atoms. The van der Waals surface area contributed by atoms with E-state index in [-0.39, 0.29) is 5.56 Å². The zero-order valence-corrected chi connectivity index (χ0v) is 8.33. The molecule has 0 aliphatic carbocycles. The van der Waals surface area contributed by atoms with E-state index in [0.717, 1.165) is 0 Å². The number of benzene rings is 1. The lowest BCUT2D eigenvalue weighted by Crippen LogP contribution is -1.88. The van der Waals surface area contributed by atoms with E-state index in [1.807, 2.05) is 6.07 Å². The molecule has 0 radical (unpaired) electrons. The van der Waals surface area contributed by atoms with Gasteiger partial charge in [-0.2, -0.15) is 5.26 Å². The first-order valence-corrected chi connectivity index (χ1v) is 5.19. The lowest BCUT2D eigenvalue weighted by molar-refractivity contribution is 0.620. The molecule has 0 aromatic heterocycles. The van der Waals surface area contributed by atoms with Gasteiger partial charge in [0.05, 0.1) is 0 Å². The fourth-order valence-corrected chi connectivity index (χ4v) is 1.87. The van der Waals surface area contributed by atoms with Crippen LogP contribution in [0.4, 0.5) is 4.39 Å². The molecule has 0 amide bonds. The molecule has 4 heteroatoms. The Morgan fingerprint density at radius 3 is 2.92 bits per heavy atom. The van der Waals surface area contributed by atoms with E-state index >= 15 is 0 Å². The topological polar surface area (TPSA) is 23.8 Å². The van der Waals surface area contributed by atoms with Crippen molar-refractivity contribution in [2.45, 2.75) is 4.90 Å². The second-order valence-electron chi connectivity index (χ2n) is 2.26. The van der Waals surface area contributed by atoms with Crippen molar-refractivity contribution in [1.29, 1.82) is 5.26 Å². The highest BCUT2D eigenvalue weighted by Gasteiger charge is 2.06. The smallest absolute Gasteiger partial charge is 0.142 e. The van der Waals surface area contributed by atoms with Crippen LogP contribution in [-0.2, 0) is 0 Å². The number of hydrogen-bond donors (Lipinski definition) is 0. The maximum absolute atomic E-state index is 13.0. The van der Waals surface area contributed by atoms with Gasteiger partial charge >= 0.3 is 0 Å². The fourth-order valence-electron chi connectivity index (χ4n) is 0.882. The fraction of sp³-hybridized carbons (Fsp3) is 0.222. The number of nitrogens with zero attached hydrogens (tertiary/aromatic N) is 1. The van der Waals surface area contributed by atoms with Crippen molar-refractivity contribution in [3.8, 4) is 6.07 Å². The first-order chi connectivity index (χ1) is 6.29. The summed E-state index contributed by atoms with van der Waals surface area (Å²) in [5.41, 5.74) is 0.109. The minimum Gasteiger partial charge on any atom is -0.206 e. The average Bonchev–Trinajstić information content (AvgIpc) is 2.15. The summed E-state index contributed by atoms with van der Waals surface area (Å²) in [5.74, 6) is 0.702. The van der Waals surface area contributed by atoms with Gasteiger partial charge in [-0.15, -0.1) is 23.4 Å². The first-order valence-electron chi connectivity index (χ1n) is 3.67. The molecule has 0 aliphatic heterocycles. The van der Waals surface area contributed by atoms with E-state index in [0.29, 0.717) is 16.5 Å². The van der Waals surface area contributed by atoms with Crippen molar-refractivity contribution in [2.75, 3.05) is 11.6 Å². The van der Waals surface area contributed by atoms with Gasteiger partial charge in [0.2, 0.25) is 0 Å². The molecule has 1 rings (SSSR count). The van der Waals surface area contributed by atoms with Crippen LogP contribution in [0.2, 0.25) is 0 Å². The van der Waals surface area contributed by atoms with Crippen LogP contribution in [0.15, 0.2) is 23.1 Å². The molecule has 1 aromatic rings. The normalized spacial score (nSPS) is 9.62. The number of nitriles is 1. The summed E-state index contributed by atoms with van der Waals surface area (Å²) < 4.78 is 13.0. The second kappa shape index (κ2) is 5.11. The Kier molecular flexibility index (Phi) is 4.07. The van der Waals surface area contributed by atoms with Gasteiger partial charge in [-0.1, -0.05) is 6.07 Å². The molecule has 0 N–H and O–H groups in total. The molecule has 0 fully saturated rings. The second-order valence-corrected chi connectivity index (χ2v) is 3.78. The summed E-state index contributed by atoms with van der Waals surface area (Å²) >= 11 is 6.88. The van der Waals surface area contributed by atoms with Crippen LogP contribution in [0, 0.1) is 17.1 Å². The first kappa shape index (κ1) is 10.4. The standard InChI is InChI=1S/C9H7ClFNS/c10-4-5-13-9-3-1-2-8(11)7(9)6-12/h1-3H,4-5H2. The van der Waals surface area contributed by atoms with Gasteiger partial charge in [0, 0.05) is 16.5 Å². The van der Waals surface area contributed by atoms with Gasteiger partial charge in [-0.05, 0) is 12.1 Å². The van der Waals surface area contributed by atoms with E-state index in [1.54, 1.807) is 12.1 Å². The Morgan fingerprint density at radius 2 is 2.31 bits per heavy atom. The summed E-state index contributed by atoms with van der Waals surface area (Å²) in [6.07, 6.45) is 0. The molecule has 0 unspecified atom stereocenters. The van der Waals surface area contributed by atoms with Gasteiger partial charge < -0.3 is 0 Å². The van der Waals surface area contributed by atoms with Gasteiger partial charge in [-0.25, -0.2) is 4.39 Å². The monoisotopic (exact) mass is 215 g/mol. The molecular formula is C9H7ClFNS. The Labute approximate surface area is 85.5 Å². The van der Waals surface area contributed by atoms with Crippen molar-refractivity contribution in [3.05, 3.63) is 29.6 Å². The third-order valence-corrected chi connectivity index (χ3v) is 2.89. The van der Waals surface area contributed by atoms with Gasteiger partial charge in [0.15, 0.2) is 0 Å². The minimum atomic E-state index is -0.470. The zero-order valence-electron chi connectivity index (χ0n) is 6.76. The third kappa shape index (κ3) is 2.61. The molecule has 0 bridgehead atoms. The number of alkyl halides is 1. The highest BCUT2D eigenvalue weighted by atomic mass is 35.5. The van der Waals surface area contributed by atoms with E-state index in [1.165, 1.54) is 17.8 Å². The van der Waals surface area contributed by atoms with Crippen LogP contribution in [0.1, 0.15) is 5.56 Å². The molecule has 0 atom stereocenters. The van der Waals surface area contributed by atoms with Gasteiger partial charge in [0.1, 0.15) is 17.4 Å². The number of hydrogen-bond acceptors (Lipinski definition) is 2. The summed E-state index contributed by atoms with van der Waals surface area (Å²) in [6, 6.07) is 6.43. The van der Waals surface area contributed by atoms with E-state index in [4.69, 9.17) is 16.9 Å². The summed E-state index contributed by atoms with van der Waals surface area (Å²) in [5, 5.41) is 8.66. The third-order valence-electron chi connectivity index (χ3n) is 1.42. The highest BCUT2D eigenvalue weighted by molar-refractivity contribution is 7.99. The van der Waals surface area contributed by atoms with Crippen LogP contribution in [0.25, 0.3) is 0 Å². The maximum atomic E-state index is 13.0. The minimum absolute atomic E-state index is 0.109. The van der Waals surface area contributed by atoms with Gasteiger partial charge in [0.25, 0.3) is 0 Å². The Hall–Kier alpha value is -0.720. The van der Waals surface area contributed by atoms with Gasteiger partial charge in [-0.3, -0.25) is 0 Å². The largest absolute Gasteiger partial charge is 0.206 e. The Balaban J connectivity index is 2.93. The molecule has 1 nitrogen and oxygen atoms in total. The highest BCUT2D eigenvalue weighted by Crippen LogP contribution is 2.23. The van der Waals surface area contributed by atoms with Crippen LogP contribution in [0.3, 0.4) is 0 Å². The SMILES string of the molecule is N#Cc1c(F)cccc1SCCCl. The van der Waals surface area contributed by atoms with Crippen molar-refractivity contribution >= 4 is 23.4 Å². The average molecular weight is 216 g/mol. The number of halogens is 2. The summed E-state index contributed by atoms with van der Waals surface area (Å²) in [6.45, 7) is 0. The molecule has 0 spiro atoms. The molecular weight excluding hydrogens is 209 g/mol. The van der Waals surface area contributed by atoms with Crippen molar-refractivity contribution in [1.82, 2.24) is 0 Å². The molecule has 0 heterocycles. The molecule has 0 saturated heterocycles. The zero-order chi connectivity index (χ0) is 9.68. The number of rotatable bonds is 3. The number of thioether (sulfide) groups is 1. The lowest BCUT2D eigenvalue weighted by atomic mass is 10.2. The summed E-state index contributed by atoms with van der Waals surface area (Å²) in [4.78, 5) is 0.656. The van der Waals surface area contributed by atoms with Crippen molar-refractivity contribution < 1.29 is 4.39 Å². The van der Waals surface area contributed by atoms with Crippen LogP contribution in [0.5, 0.6) is 0 Å². The molecule has 68 valence electrons. The van der Waals surface area contributed by atoms with E-state index in [2.05, 4.69) is 0 Å². The Bertz CT molecular complexity index is 335. The predicted molar refractivity (Wildman–Crippen MR) is 52.6 cm³/mol. The van der Waals surface area contributed by atoms with Crippen molar-refractivity contribution in [2.24, 2.45) is 0 Å². The molecule has 0 saturated carbocycles.